The lowest BCUT2D eigenvalue weighted by atomic mass is 9.55. The Labute approximate surface area is 127 Å². The van der Waals surface area contributed by atoms with Crippen LogP contribution in [0.2, 0.25) is 0 Å². The molecule has 0 bridgehead atoms. The molecule has 0 amide bonds. The number of aryl methyl sites for hydroxylation is 2. The number of benzene rings is 1. The molecule has 5 atom stereocenters. The van der Waals surface area contributed by atoms with Gasteiger partial charge in [0.2, 0.25) is 0 Å². The van der Waals surface area contributed by atoms with E-state index in [1.165, 1.54) is 37.7 Å². The second-order valence-corrected chi connectivity index (χ2v) is 7.86. The molecule has 0 saturated heterocycles. The molecule has 112 valence electrons. The van der Waals surface area contributed by atoms with Crippen LogP contribution in [0.4, 0.5) is 0 Å². The first-order valence-electron chi connectivity index (χ1n) is 8.55. The minimum atomic E-state index is 0.0721. The maximum Gasteiger partial charge on any atom is 0.0975 e. The van der Waals surface area contributed by atoms with Gasteiger partial charge in [0.25, 0.3) is 0 Å². The van der Waals surface area contributed by atoms with Crippen molar-refractivity contribution in [1.82, 2.24) is 0 Å². The molecule has 1 aromatic carbocycles. The summed E-state index contributed by atoms with van der Waals surface area (Å²) in [6.45, 7) is 4.54. The van der Waals surface area contributed by atoms with Gasteiger partial charge in [-0.3, -0.25) is 0 Å². The quantitative estimate of drug-likeness (QED) is 0.668. The van der Waals surface area contributed by atoms with Crippen LogP contribution in [0.15, 0.2) is 23.4 Å². The fourth-order valence-electron chi connectivity index (χ4n) is 5.86. The molecule has 0 aromatic heterocycles. The van der Waals surface area contributed by atoms with Crippen molar-refractivity contribution in [3.8, 4) is 0 Å². The zero-order valence-electron chi connectivity index (χ0n) is 13.1. The summed E-state index contributed by atoms with van der Waals surface area (Å²) in [5.41, 5.74) is 4.77. The van der Waals surface area contributed by atoms with Gasteiger partial charge in [-0.2, -0.15) is 4.91 Å². The monoisotopic (exact) mass is 283 g/mol. The fraction of sp³-hybridized carbons (Fsp3) is 0.684. The minimum Gasteiger partial charge on any atom is -0.150 e. The molecule has 0 aliphatic heterocycles. The van der Waals surface area contributed by atoms with Crippen LogP contribution < -0.4 is 0 Å². The van der Waals surface area contributed by atoms with E-state index in [4.69, 9.17) is 0 Å². The largest absolute Gasteiger partial charge is 0.150 e. The van der Waals surface area contributed by atoms with Crippen molar-refractivity contribution >= 4 is 0 Å². The molecule has 3 unspecified atom stereocenters. The van der Waals surface area contributed by atoms with Crippen LogP contribution >= 0.6 is 0 Å². The Balaban J connectivity index is 1.70. The van der Waals surface area contributed by atoms with Crippen molar-refractivity contribution in [2.45, 2.75) is 64.3 Å². The Hall–Kier alpha value is -1.18. The van der Waals surface area contributed by atoms with Gasteiger partial charge in [0.15, 0.2) is 0 Å². The van der Waals surface area contributed by atoms with Crippen LogP contribution in [-0.2, 0) is 6.42 Å². The van der Waals surface area contributed by atoms with Gasteiger partial charge in [-0.05, 0) is 79.7 Å². The van der Waals surface area contributed by atoms with E-state index in [9.17, 15) is 4.91 Å². The molecule has 2 saturated carbocycles. The highest BCUT2D eigenvalue weighted by atomic mass is 16.3. The molecule has 1 aromatic rings. The fourth-order valence-corrected chi connectivity index (χ4v) is 5.86. The highest BCUT2D eigenvalue weighted by Crippen LogP contribution is 2.61. The molecule has 3 aliphatic rings. The lowest BCUT2D eigenvalue weighted by Gasteiger charge is -2.49. The number of rotatable bonds is 1. The van der Waals surface area contributed by atoms with E-state index >= 15 is 0 Å². The predicted octanol–water partition coefficient (Wildman–Crippen LogP) is 4.99. The highest BCUT2D eigenvalue weighted by Gasteiger charge is 2.55. The second-order valence-electron chi connectivity index (χ2n) is 7.86. The SMILES string of the molecule is Cc1ccc2c(c1)CCC1C2CC[C@@]2(C)C1CC[C@@H]2N=O. The van der Waals surface area contributed by atoms with Gasteiger partial charge < -0.3 is 0 Å². The lowest BCUT2D eigenvalue weighted by Crippen LogP contribution is -2.43. The molecule has 0 N–H and O–H groups in total. The summed E-state index contributed by atoms with van der Waals surface area (Å²) in [7, 11) is 0. The van der Waals surface area contributed by atoms with E-state index in [2.05, 4.69) is 37.2 Å². The summed E-state index contributed by atoms with van der Waals surface area (Å²) in [5, 5.41) is 3.49. The van der Waals surface area contributed by atoms with E-state index in [1.54, 1.807) is 11.1 Å². The van der Waals surface area contributed by atoms with Crippen molar-refractivity contribution < 1.29 is 0 Å². The first-order chi connectivity index (χ1) is 10.1. The standard InChI is InChI=1S/C19H25NO/c1-12-3-5-14-13(11-12)4-6-16-15(14)9-10-19(2)17(16)7-8-18(19)20-21/h3,5,11,15-18H,4,6-10H2,1-2H3/t15?,16?,17?,18-,19-/m0/s1. The summed E-state index contributed by atoms with van der Waals surface area (Å²) in [6, 6.07) is 7.13. The summed E-state index contributed by atoms with van der Waals surface area (Å²) in [5.74, 6) is 2.23. The molecular weight excluding hydrogens is 258 g/mol. The van der Waals surface area contributed by atoms with E-state index in [-0.39, 0.29) is 11.5 Å². The van der Waals surface area contributed by atoms with Crippen molar-refractivity contribution in [2.24, 2.45) is 22.4 Å². The van der Waals surface area contributed by atoms with Crippen molar-refractivity contribution in [3.63, 3.8) is 0 Å². The molecule has 4 rings (SSSR count). The van der Waals surface area contributed by atoms with Crippen LogP contribution in [0, 0.1) is 29.1 Å². The van der Waals surface area contributed by atoms with Gasteiger partial charge in [-0.15, -0.1) is 0 Å². The molecule has 0 radical (unpaired) electrons. The third-order valence-electron chi connectivity index (χ3n) is 6.96. The molecule has 2 fully saturated rings. The summed E-state index contributed by atoms with van der Waals surface area (Å²) in [6.07, 6.45) is 7.21. The zero-order valence-corrected chi connectivity index (χ0v) is 13.1. The van der Waals surface area contributed by atoms with Crippen molar-refractivity contribution in [1.29, 1.82) is 0 Å². The van der Waals surface area contributed by atoms with E-state index in [1.807, 2.05) is 0 Å². The maximum absolute atomic E-state index is 11.2. The Bertz CT molecular complexity index is 581. The molecular formula is C19H25NO. The number of hydrogen-bond donors (Lipinski definition) is 0. The maximum atomic E-state index is 11.2. The van der Waals surface area contributed by atoms with Crippen LogP contribution in [-0.4, -0.2) is 6.04 Å². The highest BCUT2D eigenvalue weighted by molar-refractivity contribution is 5.37. The third kappa shape index (κ3) is 1.84. The predicted molar refractivity (Wildman–Crippen MR) is 85.4 cm³/mol. The molecule has 2 nitrogen and oxygen atoms in total. The Morgan fingerprint density at radius 3 is 2.86 bits per heavy atom. The molecule has 0 heterocycles. The van der Waals surface area contributed by atoms with Crippen molar-refractivity contribution in [3.05, 3.63) is 39.8 Å². The lowest BCUT2D eigenvalue weighted by molar-refractivity contribution is 0.0498. The number of fused-ring (bicyclic) bond motifs is 5. The Morgan fingerprint density at radius 2 is 2.05 bits per heavy atom. The van der Waals surface area contributed by atoms with Gasteiger partial charge in [-0.25, -0.2) is 0 Å². The van der Waals surface area contributed by atoms with E-state index < -0.39 is 0 Å². The average molecular weight is 283 g/mol. The first-order valence-corrected chi connectivity index (χ1v) is 8.55. The average Bonchev–Trinajstić information content (AvgIpc) is 2.83. The Morgan fingerprint density at radius 1 is 1.19 bits per heavy atom. The molecule has 0 spiro atoms. The van der Waals surface area contributed by atoms with Gasteiger partial charge in [0, 0.05) is 0 Å². The number of hydrogen-bond acceptors (Lipinski definition) is 2. The normalized spacial score (nSPS) is 41.0. The number of nitrogens with zero attached hydrogens (tertiary/aromatic N) is 1. The molecule has 2 heteroatoms. The van der Waals surface area contributed by atoms with Gasteiger partial charge in [0.05, 0.1) is 6.04 Å². The van der Waals surface area contributed by atoms with Crippen LogP contribution in [0.1, 0.15) is 61.6 Å². The molecule has 21 heavy (non-hydrogen) atoms. The van der Waals surface area contributed by atoms with E-state index in [0.717, 1.165) is 18.3 Å². The minimum absolute atomic E-state index is 0.0721. The third-order valence-corrected chi connectivity index (χ3v) is 6.96. The van der Waals surface area contributed by atoms with Crippen LogP contribution in [0.3, 0.4) is 0 Å². The van der Waals surface area contributed by atoms with Gasteiger partial charge >= 0.3 is 0 Å². The van der Waals surface area contributed by atoms with Crippen LogP contribution in [0.25, 0.3) is 0 Å². The van der Waals surface area contributed by atoms with Crippen LogP contribution in [0.5, 0.6) is 0 Å². The Kier molecular flexibility index (Phi) is 2.99. The zero-order chi connectivity index (χ0) is 14.6. The first kappa shape index (κ1) is 13.5. The summed E-state index contributed by atoms with van der Waals surface area (Å²) >= 11 is 0. The van der Waals surface area contributed by atoms with E-state index in [0.29, 0.717) is 5.92 Å². The van der Waals surface area contributed by atoms with Crippen molar-refractivity contribution in [2.75, 3.05) is 0 Å². The van der Waals surface area contributed by atoms with Gasteiger partial charge in [0.1, 0.15) is 0 Å². The van der Waals surface area contributed by atoms with Gasteiger partial charge in [-0.1, -0.05) is 35.9 Å². The summed E-state index contributed by atoms with van der Waals surface area (Å²) in [4.78, 5) is 11.2. The topological polar surface area (TPSA) is 29.4 Å². The molecule has 3 aliphatic carbocycles. The summed E-state index contributed by atoms with van der Waals surface area (Å²) < 4.78 is 0. The number of nitroso groups, excluding NO2 is 1. The smallest absolute Gasteiger partial charge is 0.0975 e. The second kappa shape index (κ2) is 4.66.